The lowest BCUT2D eigenvalue weighted by molar-refractivity contribution is -0.148. The van der Waals surface area contributed by atoms with Crippen LogP contribution in [0.4, 0.5) is 0 Å². The summed E-state index contributed by atoms with van der Waals surface area (Å²) >= 11 is 0. The standard InChI is InChI=1S/C9H18O6/c1-13-5-6(11)9(15-3)8(12)7(4-10)14-2/h4,6-9,11-12H,5H2,1-3H3/t6-,7-,8-,9-/m1/s1/i1D,2D,3D. The first kappa shape index (κ1) is 9.68. The van der Waals surface area contributed by atoms with E-state index >= 15 is 0 Å². The maximum atomic E-state index is 10.7. The summed E-state index contributed by atoms with van der Waals surface area (Å²) in [5, 5.41) is 19.4. The van der Waals surface area contributed by atoms with E-state index < -0.39 is 38.6 Å². The Morgan fingerprint density at radius 3 is 2.60 bits per heavy atom. The average molecular weight is 225 g/mol. The number of methoxy groups -OCH3 is 3. The molecule has 0 aromatic carbocycles. The second-order valence-electron chi connectivity index (χ2n) is 2.83. The number of ether oxygens (including phenoxy) is 3. The predicted octanol–water partition coefficient (Wildman–Crippen LogP) is -1.42. The zero-order valence-electron chi connectivity index (χ0n) is 11.2. The van der Waals surface area contributed by atoms with E-state index in [1.54, 1.807) is 0 Å². The molecule has 0 aromatic rings. The fourth-order valence-electron chi connectivity index (χ4n) is 1.06. The van der Waals surface area contributed by atoms with E-state index in [1.165, 1.54) is 0 Å². The minimum atomic E-state index is -1.53. The number of rotatable bonds is 8. The van der Waals surface area contributed by atoms with Crippen molar-refractivity contribution in [3.63, 3.8) is 0 Å². The van der Waals surface area contributed by atoms with Gasteiger partial charge >= 0.3 is 0 Å². The van der Waals surface area contributed by atoms with Crippen LogP contribution in [-0.4, -0.2) is 68.8 Å². The van der Waals surface area contributed by atoms with Crippen LogP contribution < -0.4 is 0 Å². The van der Waals surface area contributed by atoms with Gasteiger partial charge in [-0.3, -0.25) is 0 Å². The first-order valence-corrected chi connectivity index (χ1v) is 4.12. The van der Waals surface area contributed by atoms with Crippen molar-refractivity contribution in [2.24, 2.45) is 0 Å². The van der Waals surface area contributed by atoms with Crippen molar-refractivity contribution < 1.29 is 33.3 Å². The molecule has 0 saturated heterocycles. The second-order valence-corrected chi connectivity index (χ2v) is 2.83. The smallest absolute Gasteiger partial charge is 0.151 e. The van der Waals surface area contributed by atoms with Gasteiger partial charge in [0, 0.05) is 21.3 Å². The molecule has 0 bridgehead atoms. The maximum Gasteiger partial charge on any atom is 0.151 e. The average Bonchev–Trinajstić information content (AvgIpc) is 2.38. The molecule has 0 rings (SSSR count). The Kier molecular flexibility index (Phi) is 4.98. The molecular weight excluding hydrogens is 204 g/mol. The molecule has 0 aliphatic rings. The Morgan fingerprint density at radius 2 is 2.07 bits per heavy atom. The van der Waals surface area contributed by atoms with Crippen LogP contribution in [0.25, 0.3) is 0 Å². The van der Waals surface area contributed by atoms with E-state index in [9.17, 15) is 15.0 Å². The number of hydrogen-bond acceptors (Lipinski definition) is 6. The zero-order chi connectivity index (χ0) is 14.0. The molecule has 6 nitrogen and oxygen atoms in total. The van der Waals surface area contributed by atoms with E-state index in [4.69, 9.17) is 8.85 Å². The maximum absolute atomic E-state index is 10.7. The predicted molar refractivity (Wildman–Crippen MR) is 51.5 cm³/mol. The summed E-state index contributed by atoms with van der Waals surface area (Å²) in [6.07, 6.45) is -5.15. The second kappa shape index (κ2) is 7.72. The number of carbonyl (C=O) groups is 1. The van der Waals surface area contributed by atoms with Crippen molar-refractivity contribution in [2.45, 2.75) is 24.4 Å². The normalized spacial score (nSPS) is 21.9. The van der Waals surface area contributed by atoms with Gasteiger partial charge in [-0.25, -0.2) is 0 Å². The van der Waals surface area contributed by atoms with Gasteiger partial charge in [0.15, 0.2) is 6.29 Å². The van der Waals surface area contributed by atoms with Crippen LogP contribution in [0.1, 0.15) is 4.11 Å². The molecule has 0 aliphatic heterocycles. The third kappa shape index (κ3) is 4.23. The molecule has 0 heterocycles. The minimum absolute atomic E-state index is 0.280. The van der Waals surface area contributed by atoms with Crippen molar-refractivity contribution >= 4 is 6.29 Å². The fraction of sp³-hybridized carbons (Fsp3) is 0.889. The van der Waals surface area contributed by atoms with Gasteiger partial charge in [-0.2, -0.15) is 0 Å². The Labute approximate surface area is 93.0 Å². The van der Waals surface area contributed by atoms with Crippen LogP contribution in [0.5, 0.6) is 0 Å². The van der Waals surface area contributed by atoms with Crippen molar-refractivity contribution in [1.29, 1.82) is 0 Å². The van der Waals surface area contributed by atoms with Crippen LogP contribution in [-0.2, 0) is 19.0 Å². The SMILES string of the molecule is [2H]COC[C@@H](O)[C@@H](OC[2H])[C@H](O)[C@@H](C=O)OC[2H]. The van der Waals surface area contributed by atoms with Crippen LogP contribution in [0, 0.1) is 0 Å². The molecule has 90 valence electrons. The molecule has 0 fully saturated rings. The molecule has 6 heteroatoms. The van der Waals surface area contributed by atoms with Crippen LogP contribution in [0.3, 0.4) is 0 Å². The summed E-state index contributed by atoms with van der Waals surface area (Å²) in [6.45, 7) is -0.280. The van der Waals surface area contributed by atoms with E-state index in [2.05, 4.69) is 9.47 Å². The van der Waals surface area contributed by atoms with Crippen molar-refractivity contribution in [3.8, 4) is 0 Å². The highest BCUT2D eigenvalue weighted by Gasteiger charge is 2.32. The number of aliphatic hydroxyl groups is 2. The largest absolute Gasteiger partial charge is 0.388 e. The molecule has 4 atom stereocenters. The molecule has 0 aliphatic carbocycles. The van der Waals surface area contributed by atoms with Gasteiger partial charge in [-0.15, -0.1) is 0 Å². The van der Waals surface area contributed by atoms with E-state index in [0.717, 1.165) is 0 Å². The molecule has 0 unspecified atom stereocenters. The highest BCUT2D eigenvalue weighted by atomic mass is 16.5. The summed E-state index contributed by atoms with van der Waals surface area (Å²) in [5.41, 5.74) is 0. The zero-order valence-corrected chi connectivity index (χ0v) is 8.24. The lowest BCUT2D eigenvalue weighted by atomic mass is 10.0. The van der Waals surface area contributed by atoms with Gasteiger partial charge in [0.2, 0.25) is 0 Å². The Balaban J connectivity index is 4.57. The van der Waals surface area contributed by atoms with Crippen molar-refractivity contribution in [3.05, 3.63) is 0 Å². The molecular formula is C9H18O6. The Hall–Kier alpha value is -0.530. The van der Waals surface area contributed by atoms with Gasteiger partial charge in [-0.05, 0) is 0 Å². The van der Waals surface area contributed by atoms with Crippen molar-refractivity contribution in [1.82, 2.24) is 0 Å². The monoisotopic (exact) mass is 225 g/mol. The lowest BCUT2D eigenvalue weighted by Crippen LogP contribution is -2.48. The quantitative estimate of drug-likeness (QED) is 0.493. The number of aliphatic hydroxyl groups excluding tert-OH is 2. The molecule has 0 radical (unpaired) electrons. The number of hydrogen-bond donors (Lipinski definition) is 2. The topological polar surface area (TPSA) is 85.2 Å². The van der Waals surface area contributed by atoms with E-state index in [1.807, 2.05) is 0 Å². The molecule has 0 saturated carbocycles. The third-order valence-electron chi connectivity index (χ3n) is 1.86. The molecule has 0 amide bonds. The molecule has 15 heavy (non-hydrogen) atoms. The van der Waals surface area contributed by atoms with Gasteiger partial charge < -0.3 is 29.2 Å². The van der Waals surface area contributed by atoms with E-state index in [-0.39, 0.29) is 20.0 Å². The number of carbonyl (C=O) groups excluding carboxylic acids is 1. The first-order valence-electron chi connectivity index (χ1n) is 6.24. The van der Waals surface area contributed by atoms with Crippen LogP contribution in [0.15, 0.2) is 0 Å². The highest BCUT2D eigenvalue weighted by molar-refractivity contribution is 5.57. The Bertz CT molecular complexity index is 220. The summed E-state index contributed by atoms with van der Waals surface area (Å²) in [5.74, 6) is 0. The van der Waals surface area contributed by atoms with Gasteiger partial charge in [0.05, 0.1) is 10.7 Å². The minimum Gasteiger partial charge on any atom is -0.388 e. The lowest BCUT2D eigenvalue weighted by Gasteiger charge is -2.28. The molecule has 2 N–H and O–H groups in total. The summed E-state index contributed by atoms with van der Waals surface area (Å²) in [4.78, 5) is 10.7. The number of aldehydes is 1. The van der Waals surface area contributed by atoms with E-state index in [0.29, 0.717) is 0 Å². The fourth-order valence-corrected chi connectivity index (χ4v) is 1.06. The van der Waals surface area contributed by atoms with Gasteiger partial charge in [-0.1, -0.05) is 0 Å². The van der Waals surface area contributed by atoms with Crippen LogP contribution >= 0.6 is 0 Å². The Morgan fingerprint density at radius 1 is 1.33 bits per heavy atom. The highest BCUT2D eigenvalue weighted by Crippen LogP contribution is 2.10. The van der Waals surface area contributed by atoms with Crippen LogP contribution in [0.2, 0.25) is 0 Å². The van der Waals surface area contributed by atoms with Gasteiger partial charge in [0.1, 0.15) is 24.4 Å². The van der Waals surface area contributed by atoms with Crippen molar-refractivity contribution in [2.75, 3.05) is 27.9 Å². The molecule has 0 spiro atoms. The molecule has 0 aromatic heterocycles. The summed E-state index contributed by atoms with van der Waals surface area (Å²) in [7, 11) is -1.44. The third-order valence-corrected chi connectivity index (χ3v) is 1.86. The van der Waals surface area contributed by atoms with Gasteiger partial charge in [0.25, 0.3) is 0 Å². The summed E-state index contributed by atoms with van der Waals surface area (Å²) < 4.78 is 34.6. The first-order chi connectivity index (χ1) is 8.62. The summed E-state index contributed by atoms with van der Waals surface area (Å²) in [6, 6.07) is 0.